The molecule has 9 heteroatoms. The first-order valence-corrected chi connectivity index (χ1v) is 12.1. The molecule has 1 aliphatic rings. The van der Waals surface area contributed by atoms with Gasteiger partial charge in [-0.15, -0.1) is 0 Å². The summed E-state index contributed by atoms with van der Waals surface area (Å²) in [5.41, 5.74) is 2.14. The van der Waals surface area contributed by atoms with E-state index in [4.69, 9.17) is 11.6 Å². The van der Waals surface area contributed by atoms with Gasteiger partial charge in [-0.05, 0) is 72.7 Å². The summed E-state index contributed by atoms with van der Waals surface area (Å²) in [4.78, 5) is 32.1. The molecule has 1 aromatic heterocycles. The Morgan fingerprint density at radius 1 is 1.00 bits per heavy atom. The zero-order chi connectivity index (χ0) is 25.4. The monoisotopic (exact) mass is 521 g/mol. The number of benzene rings is 3. The molecule has 0 bridgehead atoms. The number of carbonyl (C=O) groups excluding carboxylic acids is 1. The Bertz CT molecular complexity index is 1670. The van der Waals surface area contributed by atoms with Crippen LogP contribution in [0, 0.1) is 11.6 Å². The number of thiazole rings is 1. The molecule has 0 saturated heterocycles. The SMILES string of the molecule is CC1=C(C(=O)Nc2ccc(F)cc2)C(c2ccc(Cl)cc2)n2c(s/c(=C/c3ccc(F)cc3)c2=O)=N1. The van der Waals surface area contributed by atoms with E-state index in [9.17, 15) is 18.4 Å². The maximum absolute atomic E-state index is 13.6. The average molecular weight is 522 g/mol. The third kappa shape index (κ3) is 4.65. The van der Waals surface area contributed by atoms with E-state index in [1.807, 2.05) is 0 Å². The van der Waals surface area contributed by atoms with Gasteiger partial charge >= 0.3 is 0 Å². The van der Waals surface area contributed by atoms with Crippen molar-refractivity contribution in [2.24, 2.45) is 4.99 Å². The topological polar surface area (TPSA) is 63.5 Å². The zero-order valence-corrected chi connectivity index (χ0v) is 20.4. The highest BCUT2D eigenvalue weighted by Crippen LogP contribution is 2.31. The zero-order valence-electron chi connectivity index (χ0n) is 18.8. The van der Waals surface area contributed by atoms with Crippen molar-refractivity contribution in [1.29, 1.82) is 0 Å². The van der Waals surface area contributed by atoms with Crippen LogP contribution in [-0.4, -0.2) is 10.5 Å². The minimum Gasteiger partial charge on any atom is -0.322 e. The Kier molecular flexibility index (Phi) is 6.38. The van der Waals surface area contributed by atoms with Gasteiger partial charge in [0.15, 0.2) is 4.80 Å². The van der Waals surface area contributed by atoms with Crippen molar-refractivity contribution in [1.82, 2.24) is 4.57 Å². The molecule has 36 heavy (non-hydrogen) atoms. The molecule has 0 aliphatic carbocycles. The molecule has 2 heterocycles. The summed E-state index contributed by atoms with van der Waals surface area (Å²) in [5.74, 6) is -1.26. The molecule has 1 atom stereocenters. The predicted molar refractivity (Wildman–Crippen MR) is 137 cm³/mol. The van der Waals surface area contributed by atoms with Crippen LogP contribution in [0.15, 0.2) is 93.9 Å². The number of rotatable bonds is 4. The number of aromatic nitrogens is 1. The van der Waals surface area contributed by atoms with Gasteiger partial charge in [-0.3, -0.25) is 14.2 Å². The minimum atomic E-state index is -0.769. The molecule has 0 fully saturated rings. The fourth-order valence-electron chi connectivity index (χ4n) is 4.01. The van der Waals surface area contributed by atoms with Crippen LogP contribution in [0.1, 0.15) is 24.1 Å². The van der Waals surface area contributed by atoms with Crippen LogP contribution in [0.2, 0.25) is 5.02 Å². The summed E-state index contributed by atoms with van der Waals surface area (Å²) in [5, 5.41) is 3.29. The lowest BCUT2D eigenvalue weighted by molar-refractivity contribution is -0.113. The van der Waals surface area contributed by atoms with Crippen LogP contribution in [0.4, 0.5) is 14.5 Å². The van der Waals surface area contributed by atoms with Crippen molar-refractivity contribution >= 4 is 40.6 Å². The summed E-state index contributed by atoms with van der Waals surface area (Å²) in [6.45, 7) is 1.71. The van der Waals surface area contributed by atoms with Gasteiger partial charge in [0, 0.05) is 10.7 Å². The number of allylic oxidation sites excluding steroid dienone is 1. The molecular weight excluding hydrogens is 504 g/mol. The summed E-state index contributed by atoms with van der Waals surface area (Å²) >= 11 is 7.28. The third-order valence-electron chi connectivity index (χ3n) is 5.72. The lowest BCUT2D eigenvalue weighted by Crippen LogP contribution is -2.40. The number of carbonyl (C=O) groups is 1. The third-order valence-corrected chi connectivity index (χ3v) is 6.96. The number of amides is 1. The number of fused-ring (bicyclic) bond motifs is 1. The van der Waals surface area contributed by atoms with Crippen LogP contribution in [-0.2, 0) is 4.79 Å². The smallest absolute Gasteiger partial charge is 0.271 e. The van der Waals surface area contributed by atoms with Gasteiger partial charge in [-0.2, -0.15) is 0 Å². The number of hydrogen-bond donors (Lipinski definition) is 1. The first-order valence-electron chi connectivity index (χ1n) is 10.9. The second-order valence-corrected chi connectivity index (χ2v) is 9.59. The molecule has 0 radical (unpaired) electrons. The molecule has 5 rings (SSSR count). The summed E-state index contributed by atoms with van der Waals surface area (Å²) in [6.07, 6.45) is 1.67. The van der Waals surface area contributed by atoms with Crippen LogP contribution in [0.5, 0.6) is 0 Å². The Labute approximate surface area is 213 Å². The van der Waals surface area contributed by atoms with Crippen molar-refractivity contribution in [3.8, 4) is 0 Å². The van der Waals surface area contributed by atoms with Gasteiger partial charge in [0.05, 0.1) is 21.8 Å². The number of nitrogens with one attached hydrogen (secondary N) is 1. The maximum atomic E-state index is 13.6. The van der Waals surface area contributed by atoms with E-state index in [2.05, 4.69) is 10.3 Å². The Balaban J connectivity index is 1.65. The van der Waals surface area contributed by atoms with Crippen molar-refractivity contribution < 1.29 is 13.6 Å². The highest BCUT2D eigenvalue weighted by molar-refractivity contribution is 7.07. The van der Waals surface area contributed by atoms with E-state index in [1.54, 1.807) is 49.4 Å². The molecule has 1 N–H and O–H groups in total. The summed E-state index contributed by atoms with van der Waals surface area (Å²) in [6, 6.07) is 17.3. The van der Waals surface area contributed by atoms with Crippen molar-refractivity contribution in [3.63, 3.8) is 0 Å². The van der Waals surface area contributed by atoms with Gasteiger partial charge < -0.3 is 5.32 Å². The second-order valence-electron chi connectivity index (χ2n) is 8.15. The first-order chi connectivity index (χ1) is 17.3. The van der Waals surface area contributed by atoms with Gasteiger partial charge in [0.25, 0.3) is 11.5 Å². The van der Waals surface area contributed by atoms with Crippen molar-refractivity contribution in [2.45, 2.75) is 13.0 Å². The largest absolute Gasteiger partial charge is 0.322 e. The van der Waals surface area contributed by atoms with Crippen LogP contribution in [0.3, 0.4) is 0 Å². The normalized spacial score (nSPS) is 15.4. The average Bonchev–Trinajstić information content (AvgIpc) is 3.16. The fraction of sp³-hybridized carbons (Fsp3) is 0.0741. The Hall–Kier alpha value is -3.88. The predicted octanol–water partition coefficient (Wildman–Crippen LogP) is 4.81. The van der Waals surface area contributed by atoms with Crippen molar-refractivity contribution in [3.05, 3.63) is 132 Å². The van der Waals surface area contributed by atoms with E-state index >= 15 is 0 Å². The van der Waals surface area contributed by atoms with Crippen LogP contribution in [0.25, 0.3) is 6.08 Å². The Morgan fingerprint density at radius 3 is 2.25 bits per heavy atom. The number of anilines is 1. The lowest BCUT2D eigenvalue weighted by Gasteiger charge is -2.25. The van der Waals surface area contributed by atoms with Gasteiger partial charge in [-0.1, -0.05) is 47.2 Å². The van der Waals surface area contributed by atoms with Gasteiger partial charge in [0.2, 0.25) is 0 Å². The summed E-state index contributed by atoms with van der Waals surface area (Å²) < 4.78 is 28.5. The number of halogens is 3. The molecule has 1 unspecified atom stereocenters. The van der Waals surface area contributed by atoms with Gasteiger partial charge in [-0.25, -0.2) is 13.8 Å². The first kappa shape index (κ1) is 23.8. The molecule has 0 spiro atoms. The van der Waals surface area contributed by atoms with Gasteiger partial charge in [0.1, 0.15) is 11.6 Å². The Morgan fingerprint density at radius 2 is 1.61 bits per heavy atom. The molecule has 1 aliphatic heterocycles. The number of hydrogen-bond acceptors (Lipinski definition) is 4. The molecule has 3 aromatic carbocycles. The quantitative estimate of drug-likeness (QED) is 0.419. The maximum Gasteiger partial charge on any atom is 0.271 e. The van der Waals surface area contributed by atoms with E-state index in [0.717, 1.165) is 0 Å². The molecule has 0 saturated carbocycles. The highest BCUT2D eigenvalue weighted by atomic mass is 35.5. The minimum absolute atomic E-state index is 0.280. The molecule has 180 valence electrons. The molecular formula is C27H18ClF2N3O2S. The lowest BCUT2D eigenvalue weighted by atomic mass is 9.95. The molecule has 5 nitrogen and oxygen atoms in total. The highest BCUT2D eigenvalue weighted by Gasteiger charge is 2.32. The van der Waals surface area contributed by atoms with E-state index in [0.29, 0.717) is 36.9 Å². The van der Waals surface area contributed by atoms with Crippen LogP contribution < -0.4 is 20.2 Å². The summed E-state index contributed by atoms with van der Waals surface area (Å²) in [7, 11) is 0. The number of nitrogens with zero attached hydrogens (tertiary/aromatic N) is 2. The fourth-order valence-corrected chi connectivity index (χ4v) is 5.19. The van der Waals surface area contributed by atoms with E-state index in [1.165, 1.54) is 52.3 Å². The van der Waals surface area contributed by atoms with Crippen molar-refractivity contribution in [2.75, 3.05) is 5.32 Å². The molecule has 4 aromatic rings. The second kappa shape index (κ2) is 9.64. The van der Waals surface area contributed by atoms with Crippen LogP contribution >= 0.6 is 22.9 Å². The molecule has 1 amide bonds. The van der Waals surface area contributed by atoms with E-state index in [-0.39, 0.29) is 16.9 Å². The van der Waals surface area contributed by atoms with E-state index < -0.39 is 17.8 Å². The standard InChI is InChI=1S/C27H18ClF2N3O2S/c1-15-23(25(34)32-21-12-10-20(30)11-13-21)24(17-4-6-18(28)7-5-17)33-26(35)22(36-27(33)31-15)14-16-2-8-19(29)9-3-16/h2-14,24H,1H3,(H,32,34)/b22-14+.